The molecule has 0 unspecified atom stereocenters. The van der Waals surface area contributed by atoms with Crippen LogP contribution in [-0.4, -0.2) is 32.7 Å². The molecule has 148 valence electrons. The van der Waals surface area contributed by atoms with E-state index in [0.29, 0.717) is 35.0 Å². The van der Waals surface area contributed by atoms with Gasteiger partial charge in [-0.15, -0.1) is 0 Å². The van der Waals surface area contributed by atoms with Crippen molar-refractivity contribution in [2.24, 2.45) is 5.73 Å². The normalized spacial score (nSPS) is 12.1. The van der Waals surface area contributed by atoms with Gasteiger partial charge in [-0.25, -0.2) is 0 Å². The number of pyridine rings is 1. The highest BCUT2D eigenvalue weighted by molar-refractivity contribution is 5.92. The van der Waals surface area contributed by atoms with E-state index in [-0.39, 0.29) is 6.79 Å². The van der Waals surface area contributed by atoms with E-state index in [1.165, 1.54) is 0 Å². The van der Waals surface area contributed by atoms with Gasteiger partial charge in [-0.2, -0.15) is 15.0 Å². The fourth-order valence-electron chi connectivity index (χ4n) is 3.27. The van der Waals surface area contributed by atoms with Crippen molar-refractivity contribution in [3.63, 3.8) is 0 Å². The second-order valence-corrected chi connectivity index (χ2v) is 6.77. The number of nitrogens with zero attached hydrogens (tertiary/aromatic N) is 4. The van der Waals surface area contributed by atoms with Crippen molar-refractivity contribution in [3.05, 3.63) is 78.0 Å². The molecule has 0 saturated carbocycles. The second-order valence-electron chi connectivity index (χ2n) is 6.77. The second kappa shape index (κ2) is 7.32. The maximum atomic E-state index is 11.3. The highest BCUT2D eigenvalue weighted by Crippen LogP contribution is 2.37. The Morgan fingerprint density at radius 1 is 0.967 bits per heavy atom. The third-order valence-corrected chi connectivity index (χ3v) is 4.77. The molecule has 8 nitrogen and oxygen atoms in total. The average Bonchev–Trinajstić information content (AvgIpc) is 3.41. The smallest absolute Gasteiger partial charge is 0.248 e. The number of nitrogens with two attached hydrogens (primary N) is 1. The molecule has 1 aliphatic rings. The van der Waals surface area contributed by atoms with Crippen LogP contribution in [0.25, 0.3) is 22.6 Å². The molecule has 30 heavy (non-hydrogen) atoms. The Bertz CT molecular complexity index is 1220. The molecule has 2 aromatic heterocycles. The van der Waals surface area contributed by atoms with Crippen LogP contribution in [0.3, 0.4) is 0 Å². The number of primary amides is 1. The summed E-state index contributed by atoms with van der Waals surface area (Å²) in [6.07, 6.45) is 1.72. The lowest BCUT2D eigenvalue weighted by molar-refractivity contribution is 0.1000. The van der Waals surface area contributed by atoms with Gasteiger partial charge in [0.15, 0.2) is 11.5 Å². The first-order chi connectivity index (χ1) is 14.7. The molecule has 0 bridgehead atoms. The van der Waals surface area contributed by atoms with Crippen LogP contribution in [0.2, 0.25) is 0 Å². The molecule has 0 aliphatic carbocycles. The van der Waals surface area contributed by atoms with Gasteiger partial charge in [0, 0.05) is 17.3 Å². The number of fused-ring (bicyclic) bond motifs is 1. The summed E-state index contributed by atoms with van der Waals surface area (Å²) >= 11 is 0. The van der Waals surface area contributed by atoms with E-state index in [1.54, 1.807) is 23.1 Å². The lowest BCUT2D eigenvalue weighted by Gasteiger charge is -2.02. The van der Waals surface area contributed by atoms with E-state index < -0.39 is 5.91 Å². The van der Waals surface area contributed by atoms with Crippen molar-refractivity contribution < 1.29 is 14.3 Å². The number of aromatic nitrogens is 4. The number of benzene rings is 2. The number of amides is 1. The van der Waals surface area contributed by atoms with Crippen LogP contribution in [0.15, 0.2) is 66.9 Å². The molecule has 1 aliphatic heterocycles. The number of carbonyl (C=O) groups excluding carboxylic acids is 1. The Kier molecular flexibility index (Phi) is 4.36. The van der Waals surface area contributed by atoms with Crippen molar-refractivity contribution in [2.75, 3.05) is 6.79 Å². The maximum absolute atomic E-state index is 11.3. The average molecular weight is 399 g/mol. The summed E-state index contributed by atoms with van der Waals surface area (Å²) in [5, 5.41) is 9.40. The Hall–Kier alpha value is -4.20. The molecule has 0 radical (unpaired) electrons. The molecule has 2 aromatic carbocycles. The van der Waals surface area contributed by atoms with Crippen molar-refractivity contribution >= 4 is 5.91 Å². The standard InChI is InChI=1S/C22H17N5O3/c23-22(28)15-6-4-14(5-7-15)12-27-25-20(21(26-27)17-3-1-2-10-24-17)16-8-9-18-19(11-16)30-13-29-18/h1-11H,12-13H2,(H2,23,28). The number of carbonyl (C=O) groups is 1. The summed E-state index contributed by atoms with van der Waals surface area (Å²) in [5.74, 6) is 0.928. The van der Waals surface area contributed by atoms with Gasteiger partial charge in [0.2, 0.25) is 12.7 Å². The van der Waals surface area contributed by atoms with Crippen molar-refractivity contribution in [1.82, 2.24) is 20.0 Å². The first-order valence-electron chi connectivity index (χ1n) is 9.33. The Balaban J connectivity index is 1.54. The lowest BCUT2D eigenvalue weighted by atomic mass is 10.1. The van der Waals surface area contributed by atoms with Crippen LogP contribution in [0, 0.1) is 0 Å². The molecule has 3 heterocycles. The minimum absolute atomic E-state index is 0.208. The number of ether oxygens (including phenoxy) is 2. The zero-order chi connectivity index (χ0) is 20.5. The SMILES string of the molecule is NC(=O)c1ccc(Cn2nc(-c3ccc4c(c3)OCO4)c(-c3ccccn3)n2)cc1. The van der Waals surface area contributed by atoms with Gasteiger partial charge < -0.3 is 15.2 Å². The molecule has 0 fully saturated rings. The van der Waals surface area contributed by atoms with Gasteiger partial charge in [-0.3, -0.25) is 9.78 Å². The predicted octanol–water partition coefficient (Wildman–Crippen LogP) is 2.88. The molecule has 2 N–H and O–H groups in total. The fraction of sp³-hybridized carbons (Fsp3) is 0.0909. The van der Waals surface area contributed by atoms with Gasteiger partial charge >= 0.3 is 0 Å². The molecule has 4 aromatic rings. The van der Waals surface area contributed by atoms with Gasteiger partial charge in [0.1, 0.15) is 11.4 Å². The number of hydrogen-bond donors (Lipinski definition) is 1. The quantitative estimate of drug-likeness (QED) is 0.553. The van der Waals surface area contributed by atoms with Crippen molar-refractivity contribution in [2.45, 2.75) is 6.54 Å². The van der Waals surface area contributed by atoms with Gasteiger partial charge in [0.25, 0.3) is 0 Å². The molecule has 1 amide bonds. The zero-order valence-electron chi connectivity index (χ0n) is 15.9. The monoisotopic (exact) mass is 399 g/mol. The van der Waals surface area contributed by atoms with Crippen LogP contribution < -0.4 is 15.2 Å². The van der Waals surface area contributed by atoms with Crippen LogP contribution in [-0.2, 0) is 6.54 Å². The zero-order valence-corrected chi connectivity index (χ0v) is 15.9. The Labute approximate surface area is 171 Å². The van der Waals surface area contributed by atoms with E-state index in [0.717, 1.165) is 16.8 Å². The summed E-state index contributed by atoms with van der Waals surface area (Å²) in [5.41, 5.74) is 9.66. The van der Waals surface area contributed by atoms with E-state index in [2.05, 4.69) is 10.1 Å². The molecular formula is C22H17N5O3. The highest BCUT2D eigenvalue weighted by atomic mass is 16.7. The highest BCUT2D eigenvalue weighted by Gasteiger charge is 2.20. The third-order valence-electron chi connectivity index (χ3n) is 4.77. The minimum atomic E-state index is -0.457. The lowest BCUT2D eigenvalue weighted by Crippen LogP contribution is -2.11. The first kappa shape index (κ1) is 17.9. The Morgan fingerprint density at radius 3 is 2.53 bits per heavy atom. The summed E-state index contributed by atoms with van der Waals surface area (Å²) in [6, 6.07) is 18.4. The van der Waals surface area contributed by atoms with E-state index in [9.17, 15) is 4.79 Å². The van der Waals surface area contributed by atoms with E-state index in [4.69, 9.17) is 20.3 Å². The maximum Gasteiger partial charge on any atom is 0.248 e. The van der Waals surface area contributed by atoms with Gasteiger partial charge in [-0.1, -0.05) is 18.2 Å². The van der Waals surface area contributed by atoms with Gasteiger partial charge in [-0.05, 0) is 48.0 Å². The number of hydrogen-bond acceptors (Lipinski definition) is 6. The van der Waals surface area contributed by atoms with Crippen LogP contribution in [0.5, 0.6) is 11.5 Å². The molecule has 0 saturated heterocycles. The summed E-state index contributed by atoms with van der Waals surface area (Å²) in [6.45, 7) is 0.642. The Morgan fingerprint density at radius 2 is 1.77 bits per heavy atom. The predicted molar refractivity (Wildman–Crippen MR) is 109 cm³/mol. The van der Waals surface area contributed by atoms with Crippen LogP contribution in [0.1, 0.15) is 15.9 Å². The van der Waals surface area contributed by atoms with E-state index >= 15 is 0 Å². The topological polar surface area (TPSA) is 105 Å². The number of rotatable bonds is 5. The molecule has 5 rings (SSSR count). The molecule has 0 spiro atoms. The van der Waals surface area contributed by atoms with Crippen molar-refractivity contribution in [1.29, 1.82) is 0 Å². The molecule has 8 heteroatoms. The summed E-state index contributed by atoms with van der Waals surface area (Å²) in [4.78, 5) is 17.3. The summed E-state index contributed by atoms with van der Waals surface area (Å²) < 4.78 is 10.9. The van der Waals surface area contributed by atoms with Crippen molar-refractivity contribution in [3.8, 4) is 34.1 Å². The largest absolute Gasteiger partial charge is 0.454 e. The first-order valence-corrected chi connectivity index (χ1v) is 9.33. The summed E-state index contributed by atoms with van der Waals surface area (Å²) in [7, 11) is 0. The molecular weight excluding hydrogens is 382 g/mol. The molecule has 0 atom stereocenters. The third kappa shape index (κ3) is 3.35. The fourth-order valence-corrected chi connectivity index (χ4v) is 3.27. The van der Waals surface area contributed by atoms with E-state index in [1.807, 2.05) is 48.5 Å². The minimum Gasteiger partial charge on any atom is -0.454 e. The van der Waals surface area contributed by atoms with Crippen LogP contribution in [0.4, 0.5) is 0 Å². The van der Waals surface area contributed by atoms with Crippen LogP contribution >= 0.6 is 0 Å². The van der Waals surface area contributed by atoms with Gasteiger partial charge in [0.05, 0.1) is 12.2 Å².